The van der Waals surface area contributed by atoms with Gasteiger partial charge in [-0.2, -0.15) is 0 Å². The van der Waals surface area contributed by atoms with Gasteiger partial charge in [-0.15, -0.1) is 0 Å². The first-order chi connectivity index (χ1) is 11.0. The Labute approximate surface area is 139 Å². The molecule has 2 aliphatic rings. The van der Waals surface area contributed by atoms with E-state index in [2.05, 4.69) is 22.0 Å². The lowest BCUT2D eigenvalue weighted by Gasteiger charge is -2.38. The summed E-state index contributed by atoms with van der Waals surface area (Å²) in [5.74, 6) is 0. The minimum absolute atomic E-state index is 0.554. The van der Waals surface area contributed by atoms with Crippen LogP contribution in [-0.2, 0) is 16.4 Å². The van der Waals surface area contributed by atoms with Gasteiger partial charge < -0.3 is 0 Å². The normalized spacial score (nSPS) is 25.0. The van der Waals surface area contributed by atoms with Crippen LogP contribution < -0.4 is 0 Å². The molecule has 3 heterocycles. The molecule has 0 unspecified atom stereocenters. The highest BCUT2D eigenvalue weighted by Crippen LogP contribution is 2.29. The molecule has 2 fully saturated rings. The zero-order valence-corrected chi connectivity index (χ0v) is 14.7. The molecule has 5 nitrogen and oxygen atoms in total. The molecule has 1 aromatic heterocycles. The molecule has 0 bridgehead atoms. The van der Waals surface area contributed by atoms with Crippen LogP contribution in [0.2, 0.25) is 0 Å². The summed E-state index contributed by atoms with van der Waals surface area (Å²) in [5.41, 5.74) is 1.36. The summed E-state index contributed by atoms with van der Waals surface area (Å²) in [7, 11) is -3.02. The molecule has 2 saturated heterocycles. The largest absolute Gasteiger partial charge is 0.297 e. The van der Waals surface area contributed by atoms with Crippen molar-refractivity contribution in [3.05, 3.63) is 30.1 Å². The topological polar surface area (TPSA) is 53.5 Å². The van der Waals surface area contributed by atoms with Gasteiger partial charge in [0.05, 0.1) is 6.26 Å². The second-order valence-electron chi connectivity index (χ2n) is 6.82. The highest BCUT2D eigenvalue weighted by Gasteiger charge is 2.34. The molecule has 23 heavy (non-hydrogen) atoms. The average Bonchev–Trinajstić information content (AvgIpc) is 3.02. The van der Waals surface area contributed by atoms with Crippen molar-refractivity contribution in [2.45, 2.75) is 50.6 Å². The van der Waals surface area contributed by atoms with E-state index in [-0.39, 0.29) is 0 Å². The molecule has 0 N–H and O–H groups in total. The monoisotopic (exact) mass is 337 g/mol. The van der Waals surface area contributed by atoms with Crippen LogP contribution in [0.1, 0.15) is 37.7 Å². The fraction of sp³-hybridized carbons (Fsp3) is 0.706. The second-order valence-corrected chi connectivity index (χ2v) is 8.80. The number of pyridine rings is 1. The molecule has 0 spiro atoms. The van der Waals surface area contributed by atoms with Gasteiger partial charge in [0.2, 0.25) is 10.0 Å². The van der Waals surface area contributed by atoms with Crippen molar-refractivity contribution in [1.29, 1.82) is 0 Å². The van der Waals surface area contributed by atoms with Crippen molar-refractivity contribution in [3.8, 4) is 0 Å². The molecule has 6 heteroatoms. The number of hydrogen-bond acceptors (Lipinski definition) is 4. The zero-order valence-electron chi connectivity index (χ0n) is 13.9. The highest BCUT2D eigenvalue weighted by atomic mass is 32.2. The van der Waals surface area contributed by atoms with Gasteiger partial charge in [-0.05, 0) is 62.8 Å². The summed E-state index contributed by atoms with van der Waals surface area (Å²) in [6, 6.07) is 5.41. The molecule has 0 aromatic carbocycles. The predicted octanol–water partition coefficient (Wildman–Crippen LogP) is 1.90. The first-order valence-electron chi connectivity index (χ1n) is 8.64. The summed E-state index contributed by atoms with van der Waals surface area (Å²) in [4.78, 5) is 6.73. The van der Waals surface area contributed by atoms with Crippen LogP contribution in [0, 0.1) is 0 Å². The maximum Gasteiger partial charge on any atom is 0.211 e. The van der Waals surface area contributed by atoms with Crippen molar-refractivity contribution in [2.24, 2.45) is 0 Å². The first kappa shape index (κ1) is 16.9. The van der Waals surface area contributed by atoms with Gasteiger partial charge >= 0.3 is 0 Å². The number of sulfonamides is 1. The SMILES string of the molecule is CS(=O)(=O)N1CCC(N2CCC[C@H]2CCc2ccncc2)CC1. The lowest BCUT2D eigenvalue weighted by atomic mass is 10.00. The minimum Gasteiger partial charge on any atom is -0.297 e. The van der Waals surface area contributed by atoms with Crippen LogP contribution in [-0.4, -0.2) is 60.6 Å². The van der Waals surface area contributed by atoms with Crippen LogP contribution in [0.15, 0.2) is 24.5 Å². The molecule has 1 aromatic rings. The smallest absolute Gasteiger partial charge is 0.211 e. The van der Waals surface area contributed by atoms with Gasteiger partial charge in [0.25, 0.3) is 0 Å². The third-order valence-corrected chi connectivity index (χ3v) is 6.60. The van der Waals surface area contributed by atoms with Gasteiger partial charge in [0.15, 0.2) is 0 Å². The van der Waals surface area contributed by atoms with Crippen molar-refractivity contribution in [1.82, 2.24) is 14.2 Å². The van der Waals surface area contributed by atoms with Crippen molar-refractivity contribution in [2.75, 3.05) is 25.9 Å². The Kier molecular flexibility index (Phi) is 5.34. The van der Waals surface area contributed by atoms with E-state index < -0.39 is 10.0 Å². The van der Waals surface area contributed by atoms with Crippen molar-refractivity contribution >= 4 is 10.0 Å². The summed E-state index contributed by atoms with van der Waals surface area (Å²) in [5, 5.41) is 0. The van der Waals surface area contributed by atoms with Crippen molar-refractivity contribution in [3.63, 3.8) is 0 Å². The quantitative estimate of drug-likeness (QED) is 0.823. The number of likely N-dealkylation sites (tertiary alicyclic amines) is 1. The van der Waals surface area contributed by atoms with Crippen LogP contribution in [0.3, 0.4) is 0 Å². The number of piperidine rings is 1. The lowest BCUT2D eigenvalue weighted by Crippen LogP contribution is -2.48. The molecule has 0 amide bonds. The standard InChI is InChI=1S/C17H27N3O2S/c1-23(21,22)19-13-8-17(9-14-19)20-12-2-3-16(20)5-4-15-6-10-18-11-7-15/h6-7,10-11,16-17H,2-5,8-9,12-14H2,1H3/t16-/m0/s1. The highest BCUT2D eigenvalue weighted by molar-refractivity contribution is 7.88. The van der Waals surface area contributed by atoms with E-state index in [1.807, 2.05) is 12.4 Å². The van der Waals surface area contributed by atoms with E-state index >= 15 is 0 Å². The minimum atomic E-state index is -3.02. The Balaban J connectivity index is 1.53. The molecule has 1 atom stereocenters. The Hall–Kier alpha value is -0.980. The number of hydrogen-bond donors (Lipinski definition) is 0. The van der Waals surface area contributed by atoms with Crippen LogP contribution in [0.5, 0.6) is 0 Å². The second kappa shape index (κ2) is 7.28. The third kappa shape index (κ3) is 4.31. The maximum atomic E-state index is 11.6. The van der Waals surface area contributed by atoms with E-state index in [4.69, 9.17) is 0 Å². The van der Waals surface area contributed by atoms with Gasteiger partial charge in [-0.3, -0.25) is 9.88 Å². The maximum absolute atomic E-state index is 11.6. The summed E-state index contributed by atoms with van der Waals surface area (Å²) >= 11 is 0. The number of aryl methyl sites for hydroxylation is 1. The van der Waals surface area contributed by atoms with Gasteiger partial charge in [0, 0.05) is 37.6 Å². The first-order valence-corrected chi connectivity index (χ1v) is 10.5. The van der Waals surface area contributed by atoms with E-state index in [0.29, 0.717) is 25.2 Å². The average molecular weight is 337 g/mol. The van der Waals surface area contributed by atoms with E-state index in [9.17, 15) is 8.42 Å². The molecule has 2 aliphatic heterocycles. The summed E-state index contributed by atoms with van der Waals surface area (Å²) < 4.78 is 24.9. The molecule has 0 saturated carbocycles. The van der Waals surface area contributed by atoms with Crippen LogP contribution in [0.25, 0.3) is 0 Å². The molecular formula is C17H27N3O2S. The van der Waals surface area contributed by atoms with Crippen molar-refractivity contribution < 1.29 is 8.42 Å². The Morgan fingerprint density at radius 1 is 1.13 bits per heavy atom. The van der Waals surface area contributed by atoms with Crippen LogP contribution >= 0.6 is 0 Å². The number of rotatable bonds is 5. The van der Waals surface area contributed by atoms with Gasteiger partial charge in [-0.1, -0.05) is 0 Å². The molecule has 0 aliphatic carbocycles. The Morgan fingerprint density at radius 3 is 2.48 bits per heavy atom. The fourth-order valence-corrected chi connectivity index (χ4v) is 4.91. The Bertz CT molecular complexity index is 598. The molecule has 128 valence electrons. The van der Waals surface area contributed by atoms with Gasteiger partial charge in [0.1, 0.15) is 0 Å². The molecule has 0 radical (unpaired) electrons. The summed E-state index contributed by atoms with van der Waals surface area (Å²) in [6.45, 7) is 2.53. The van der Waals surface area contributed by atoms with E-state index in [1.54, 1.807) is 4.31 Å². The Morgan fingerprint density at radius 2 is 1.83 bits per heavy atom. The van der Waals surface area contributed by atoms with Gasteiger partial charge in [-0.25, -0.2) is 12.7 Å². The lowest BCUT2D eigenvalue weighted by molar-refractivity contribution is 0.123. The zero-order chi connectivity index (χ0) is 16.3. The fourth-order valence-electron chi connectivity index (χ4n) is 4.04. The van der Waals surface area contributed by atoms with E-state index in [1.165, 1.54) is 37.6 Å². The predicted molar refractivity (Wildman–Crippen MR) is 91.7 cm³/mol. The summed E-state index contributed by atoms with van der Waals surface area (Å²) in [6.07, 6.45) is 11.8. The number of nitrogens with zero attached hydrogens (tertiary/aromatic N) is 3. The van der Waals surface area contributed by atoms with E-state index in [0.717, 1.165) is 19.3 Å². The molecular weight excluding hydrogens is 310 g/mol. The number of aromatic nitrogens is 1. The third-order valence-electron chi connectivity index (χ3n) is 5.30. The van der Waals surface area contributed by atoms with Crippen LogP contribution in [0.4, 0.5) is 0 Å². The molecule has 3 rings (SSSR count).